The first kappa shape index (κ1) is 24.9. The number of aliphatic carboxylic acids is 1. The van der Waals surface area contributed by atoms with Gasteiger partial charge in [0.1, 0.15) is 30.5 Å². The molecule has 31 heavy (non-hydrogen) atoms. The Morgan fingerprint density at radius 3 is 2.26 bits per heavy atom. The van der Waals surface area contributed by atoms with Gasteiger partial charge >= 0.3 is 11.9 Å². The molecule has 0 spiro atoms. The lowest BCUT2D eigenvalue weighted by Gasteiger charge is -2.38. The standard InChI is InChI=1S/C21H30O10/c1-10(2)19(27)28-9-11-6-7-12(13(8-11)31-21(3,4)5)29-20-16(24)14(22)15(23)17(30-20)18(25)26/h6-8,10,14-17,20,22-24H,9H2,1-5H3,(H,25,26)/t14-,15-,16+,17-,20+/m0/s1. The van der Waals surface area contributed by atoms with Gasteiger partial charge in [-0.05, 0) is 38.5 Å². The summed E-state index contributed by atoms with van der Waals surface area (Å²) in [6, 6.07) is 4.68. The van der Waals surface area contributed by atoms with E-state index in [0.29, 0.717) is 5.56 Å². The lowest BCUT2D eigenvalue weighted by Crippen LogP contribution is -2.61. The Hall–Kier alpha value is -2.40. The quantitative estimate of drug-likeness (QED) is 0.447. The van der Waals surface area contributed by atoms with Crippen LogP contribution in [0.4, 0.5) is 0 Å². The molecule has 1 aromatic rings. The number of carboxylic acid groups (broad SMARTS) is 1. The van der Waals surface area contributed by atoms with E-state index < -0.39 is 42.3 Å². The van der Waals surface area contributed by atoms with Gasteiger partial charge in [-0.25, -0.2) is 4.79 Å². The molecule has 0 aromatic heterocycles. The highest BCUT2D eigenvalue weighted by Crippen LogP contribution is 2.34. The molecule has 0 bridgehead atoms. The summed E-state index contributed by atoms with van der Waals surface area (Å²) in [5.74, 6) is -1.81. The predicted molar refractivity (Wildman–Crippen MR) is 106 cm³/mol. The number of benzene rings is 1. The van der Waals surface area contributed by atoms with Crippen molar-refractivity contribution in [1.29, 1.82) is 0 Å². The number of ether oxygens (including phenoxy) is 4. The lowest BCUT2D eigenvalue weighted by atomic mass is 9.99. The molecule has 0 saturated carbocycles. The van der Waals surface area contributed by atoms with Gasteiger partial charge in [0.15, 0.2) is 17.6 Å². The minimum atomic E-state index is -1.82. The van der Waals surface area contributed by atoms with Gasteiger partial charge in [0, 0.05) is 0 Å². The Bertz CT molecular complexity index is 785. The molecule has 1 aliphatic heterocycles. The summed E-state index contributed by atoms with van der Waals surface area (Å²) in [5, 5.41) is 39.2. The van der Waals surface area contributed by atoms with Crippen LogP contribution in [0.1, 0.15) is 40.2 Å². The van der Waals surface area contributed by atoms with Crippen molar-refractivity contribution in [1.82, 2.24) is 0 Å². The van der Waals surface area contributed by atoms with Crippen LogP contribution in [0.15, 0.2) is 18.2 Å². The molecule has 1 fully saturated rings. The van der Waals surface area contributed by atoms with Crippen LogP contribution in [0, 0.1) is 5.92 Å². The molecule has 0 unspecified atom stereocenters. The van der Waals surface area contributed by atoms with Crippen LogP contribution >= 0.6 is 0 Å². The number of aliphatic hydroxyl groups excluding tert-OH is 3. The van der Waals surface area contributed by atoms with Crippen molar-refractivity contribution in [3.05, 3.63) is 23.8 Å². The van der Waals surface area contributed by atoms with E-state index in [9.17, 15) is 30.0 Å². The third kappa shape index (κ3) is 6.54. The average Bonchev–Trinajstić information content (AvgIpc) is 2.66. The number of esters is 1. The van der Waals surface area contributed by atoms with Gasteiger partial charge in [-0.15, -0.1) is 0 Å². The Morgan fingerprint density at radius 1 is 1.06 bits per heavy atom. The maximum absolute atomic E-state index is 11.7. The number of aliphatic hydroxyl groups is 3. The van der Waals surface area contributed by atoms with Gasteiger partial charge in [-0.3, -0.25) is 4.79 Å². The maximum Gasteiger partial charge on any atom is 0.335 e. The Kier molecular flexibility index (Phi) is 7.87. The predicted octanol–water partition coefficient (Wildman–Crippen LogP) is 0.834. The van der Waals surface area contributed by atoms with E-state index in [1.54, 1.807) is 46.8 Å². The van der Waals surface area contributed by atoms with Crippen LogP contribution in [-0.2, 0) is 25.7 Å². The summed E-state index contributed by atoms with van der Waals surface area (Å²) < 4.78 is 21.9. The van der Waals surface area contributed by atoms with E-state index in [-0.39, 0.29) is 30.0 Å². The van der Waals surface area contributed by atoms with Crippen molar-refractivity contribution in [2.75, 3.05) is 0 Å². The van der Waals surface area contributed by atoms with Crippen LogP contribution in [0.5, 0.6) is 11.5 Å². The highest BCUT2D eigenvalue weighted by molar-refractivity contribution is 5.73. The molecule has 0 aliphatic carbocycles. The summed E-state index contributed by atoms with van der Waals surface area (Å²) in [6.45, 7) is 8.85. The van der Waals surface area contributed by atoms with Crippen molar-refractivity contribution >= 4 is 11.9 Å². The topological polar surface area (TPSA) is 152 Å². The van der Waals surface area contributed by atoms with E-state index in [1.165, 1.54) is 6.07 Å². The fourth-order valence-corrected chi connectivity index (χ4v) is 2.74. The molecule has 4 N–H and O–H groups in total. The van der Waals surface area contributed by atoms with Gasteiger partial charge in [0.05, 0.1) is 5.92 Å². The molecule has 0 amide bonds. The highest BCUT2D eigenvalue weighted by atomic mass is 16.7. The molecule has 10 heteroatoms. The summed E-state index contributed by atoms with van der Waals surface area (Å²) in [7, 11) is 0. The molecular weight excluding hydrogens is 412 g/mol. The van der Waals surface area contributed by atoms with Crippen LogP contribution in [0.3, 0.4) is 0 Å². The first-order chi connectivity index (χ1) is 14.3. The molecule has 174 valence electrons. The SMILES string of the molecule is CC(C)C(=O)OCc1ccc(O[C@@H]2O[C@H](C(=O)O)[C@@H](O)[C@H](O)[C@H]2O)c(OC(C)(C)C)c1. The zero-order chi connectivity index (χ0) is 23.5. The second kappa shape index (κ2) is 9.82. The molecule has 5 atom stereocenters. The molecule has 2 rings (SSSR count). The molecule has 1 aliphatic rings. The number of rotatable bonds is 7. The van der Waals surface area contributed by atoms with Crippen LogP contribution in [-0.4, -0.2) is 68.7 Å². The van der Waals surface area contributed by atoms with E-state index in [1.807, 2.05) is 0 Å². The smallest absolute Gasteiger partial charge is 0.335 e. The Labute approximate surface area is 180 Å². The summed E-state index contributed by atoms with van der Waals surface area (Å²) in [4.78, 5) is 23.0. The molecule has 1 aromatic carbocycles. The zero-order valence-corrected chi connectivity index (χ0v) is 18.1. The Balaban J connectivity index is 2.27. The van der Waals surface area contributed by atoms with Crippen LogP contribution in [0.25, 0.3) is 0 Å². The number of hydrogen-bond acceptors (Lipinski definition) is 9. The van der Waals surface area contributed by atoms with Gasteiger partial charge in [0.25, 0.3) is 0 Å². The van der Waals surface area contributed by atoms with Crippen molar-refractivity contribution in [3.63, 3.8) is 0 Å². The zero-order valence-electron chi connectivity index (χ0n) is 18.1. The van der Waals surface area contributed by atoms with E-state index in [4.69, 9.17) is 18.9 Å². The Morgan fingerprint density at radius 2 is 1.71 bits per heavy atom. The fourth-order valence-electron chi connectivity index (χ4n) is 2.74. The first-order valence-corrected chi connectivity index (χ1v) is 9.88. The summed E-state index contributed by atoms with van der Waals surface area (Å²) in [5.41, 5.74) is -0.0268. The van der Waals surface area contributed by atoms with Crippen LogP contribution in [0.2, 0.25) is 0 Å². The normalized spacial score (nSPS) is 26.4. The minimum Gasteiger partial charge on any atom is -0.484 e. The van der Waals surface area contributed by atoms with Gasteiger partial charge in [-0.2, -0.15) is 0 Å². The first-order valence-electron chi connectivity index (χ1n) is 9.88. The van der Waals surface area contributed by atoms with Gasteiger partial charge < -0.3 is 39.4 Å². The third-order valence-corrected chi connectivity index (χ3v) is 4.33. The van der Waals surface area contributed by atoms with Crippen molar-refractivity contribution in [3.8, 4) is 11.5 Å². The number of carbonyl (C=O) groups is 2. The molecule has 0 radical (unpaired) electrons. The fraction of sp³-hybridized carbons (Fsp3) is 0.619. The lowest BCUT2D eigenvalue weighted by molar-refractivity contribution is -0.271. The maximum atomic E-state index is 11.7. The van der Waals surface area contributed by atoms with E-state index >= 15 is 0 Å². The number of carbonyl (C=O) groups excluding carboxylic acids is 1. The van der Waals surface area contributed by atoms with E-state index in [0.717, 1.165) is 0 Å². The highest BCUT2D eigenvalue weighted by Gasteiger charge is 2.48. The van der Waals surface area contributed by atoms with Gasteiger partial charge in [-0.1, -0.05) is 19.9 Å². The van der Waals surface area contributed by atoms with Crippen molar-refractivity contribution in [2.45, 2.75) is 77.5 Å². The average molecular weight is 442 g/mol. The summed E-state index contributed by atoms with van der Waals surface area (Å²) in [6.07, 6.45) is -8.69. The van der Waals surface area contributed by atoms with Crippen LogP contribution < -0.4 is 9.47 Å². The summed E-state index contributed by atoms with van der Waals surface area (Å²) >= 11 is 0. The number of hydrogen-bond donors (Lipinski definition) is 4. The third-order valence-electron chi connectivity index (χ3n) is 4.33. The largest absolute Gasteiger partial charge is 0.484 e. The molecule has 1 heterocycles. The second-order valence-corrected chi connectivity index (χ2v) is 8.61. The molecule has 1 saturated heterocycles. The van der Waals surface area contributed by atoms with E-state index in [2.05, 4.69) is 0 Å². The number of carboxylic acids is 1. The minimum absolute atomic E-state index is 0.00629. The van der Waals surface area contributed by atoms with Crippen molar-refractivity contribution < 1.29 is 49.0 Å². The molecular formula is C21H30O10. The second-order valence-electron chi connectivity index (χ2n) is 8.61. The monoisotopic (exact) mass is 442 g/mol. The molecule has 10 nitrogen and oxygen atoms in total. The van der Waals surface area contributed by atoms with Crippen molar-refractivity contribution in [2.24, 2.45) is 5.92 Å². The van der Waals surface area contributed by atoms with Gasteiger partial charge in [0.2, 0.25) is 6.29 Å².